The van der Waals surface area contributed by atoms with E-state index in [0.717, 1.165) is 16.7 Å². The van der Waals surface area contributed by atoms with Gasteiger partial charge in [0, 0.05) is 30.5 Å². The predicted molar refractivity (Wildman–Crippen MR) is 94.0 cm³/mol. The summed E-state index contributed by atoms with van der Waals surface area (Å²) in [7, 11) is 0. The van der Waals surface area contributed by atoms with Crippen LogP contribution >= 0.6 is 11.8 Å². The van der Waals surface area contributed by atoms with E-state index < -0.39 is 5.60 Å². The second-order valence-electron chi connectivity index (χ2n) is 6.14. The number of nitrogens with one attached hydrogen (secondary N) is 2. The average Bonchev–Trinajstić information content (AvgIpc) is 2.45. The molecule has 132 valence electrons. The maximum atomic E-state index is 12.0. The van der Waals surface area contributed by atoms with Gasteiger partial charge < -0.3 is 15.4 Å². The molecular formula is C17H24N2O4S. The van der Waals surface area contributed by atoms with Crippen molar-refractivity contribution in [2.24, 2.45) is 0 Å². The molecule has 0 aliphatic rings. The lowest BCUT2D eigenvalue weighted by Gasteiger charge is -2.19. The number of hydrogen-bond acceptors (Lipinski definition) is 6. The van der Waals surface area contributed by atoms with Crippen LogP contribution in [0.1, 0.15) is 38.1 Å². The molecule has 0 unspecified atom stereocenters. The van der Waals surface area contributed by atoms with Crippen LogP contribution in [-0.4, -0.2) is 42.2 Å². The molecule has 1 rings (SSSR count). The number of thioether (sulfide) groups is 1. The quantitative estimate of drug-likeness (QED) is 0.443. The van der Waals surface area contributed by atoms with E-state index in [9.17, 15) is 14.4 Å². The monoisotopic (exact) mass is 352 g/mol. The maximum Gasteiger partial charge on any atom is 0.320 e. The van der Waals surface area contributed by atoms with Gasteiger partial charge in [-0.3, -0.25) is 14.4 Å². The Morgan fingerprint density at radius 3 is 2.25 bits per heavy atom. The molecular weight excluding hydrogens is 328 g/mol. The van der Waals surface area contributed by atoms with E-state index in [-0.39, 0.29) is 23.5 Å². The van der Waals surface area contributed by atoms with Crippen molar-refractivity contribution in [3.8, 4) is 0 Å². The maximum absolute atomic E-state index is 12.0. The third-order valence-corrected chi connectivity index (χ3v) is 3.45. The molecule has 0 aliphatic heterocycles. The fraction of sp³-hybridized carbons (Fsp3) is 0.471. The Bertz CT molecular complexity index is 579. The molecule has 24 heavy (non-hydrogen) atoms. The topological polar surface area (TPSA) is 84.5 Å². The first-order valence-corrected chi connectivity index (χ1v) is 8.48. The molecule has 0 atom stereocenters. The second kappa shape index (κ2) is 9.44. The van der Waals surface area contributed by atoms with Gasteiger partial charge in [0.25, 0.3) is 5.91 Å². The minimum Gasteiger partial charge on any atom is -0.459 e. The molecule has 0 heterocycles. The third kappa shape index (κ3) is 8.69. The van der Waals surface area contributed by atoms with Crippen molar-refractivity contribution in [1.82, 2.24) is 10.6 Å². The van der Waals surface area contributed by atoms with E-state index in [2.05, 4.69) is 10.6 Å². The first-order chi connectivity index (χ1) is 11.2. The molecule has 0 spiro atoms. The van der Waals surface area contributed by atoms with Crippen LogP contribution in [0, 0.1) is 0 Å². The molecule has 2 N–H and O–H groups in total. The van der Waals surface area contributed by atoms with Gasteiger partial charge in [0.15, 0.2) is 5.12 Å². The average molecular weight is 352 g/mol. The molecule has 1 amide bonds. The molecule has 1 aromatic carbocycles. The predicted octanol–water partition coefficient (Wildman–Crippen LogP) is 1.99. The van der Waals surface area contributed by atoms with E-state index in [1.165, 1.54) is 6.92 Å². The van der Waals surface area contributed by atoms with Gasteiger partial charge in [-0.1, -0.05) is 11.8 Å². The smallest absolute Gasteiger partial charge is 0.320 e. The summed E-state index contributed by atoms with van der Waals surface area (Å²) in [5.74, 6) is -0.527. The Labute approximate surface area is 146 Å². The molecule has 7 heteroatoms. The zero-order valence-corrected chi connectivity index (χ0v) is 15.3. The number of carbonyl (C=O) groups is 3. The number of amides is 1. The SMILES string of the molecule is CC(=O)Sc1ccc(C(=O)NCCNCC(=O)OC(C)(C)C)cc1. The minimum atomic E-state index is -0.500. The summed E-state index contributed by atoms with van der Waals surface area (Å²) < 4.78 is 5.16. The highest BCUT2D eigenvalue weighted by atomic mass is 32.2. The minimum absolute atomic E-state index is 0.00302. The molecule has 0 fully saturated rings. The first kappa shape index (κ1) is 20.2. The van der Waals surface area contributed by atoms with Gasteiger partial charge in [0.05, 0.1) is 6.54 Å². The van der Waals surface area contributed by atoms with Gasteiger partial charge in [-0.2, -0.15) is 0 Å². The lowest BCUT2D eigenvalue weighted by atomic mass is 10.2. The summed E-state index contributed by atoms with van der Waals surface area (Å²) in [6, 6.07) is 6.83. The number of hydrogen-bond donors (Lipinski definition) is 2. The van der Waals surface area contributed by atoms with Crippen molar-refractivity contribution >= 4 is 28.8 Å². The van der Waals surface area contributed by atoms with Crippen molar-refractivity contribution in [2.45, 2.75) is 38.2 Å². The van der Waals surface area contributed by atoms with Gasteiger partial charge in [-0.05, 0) is 45.0 Å². The summed E-state index contributed by atoms with van der Waals surface area (Å²) in [5, 5.41) is 5.67. The summed E-state index contributed by atoms with van der Waals surface area (Å²) in [6.45, 7) is 7.89. The Kier molecular flexibility index (Phi) is 7.94. The Balaban J connectivity index is 2.26. The zero-order valence-electron chi connectivity index (χ0n) is 14.5. The van der Waals surface area contributed by atoms with Crippen molar-refractivity contribution in [1.29, 1.82) is 0 Å². The van der Waals surface area contributed by atoms with Gasteiger partial charge >= 0.3 is 5.97 Å². The van der Waals surface area contributed by atoms with E-state index in [0.29, 0.717) is 18.7 Å². The van der Waals surface area contributed by atoms with Crippen molar-refractivity contribution < 1.29 is 19.1 Å². The molecule has 0 aliphatic carbocycles. The summed E-state index contributed by atoms with van der Waals surface area (Å²) >= 11 is 1.13. The summed E-state index contributed by atoms with van der Waals surface area (Å²) in [4.78, 5) is 35.3. The number of esters is 1. The van der Waals surface area contributed by atoms with E-state index in [4.69, 9.17) is 4.74 Å². The van der Waals surface area contributed by atoms with E-state index in [1.54, 1.807) is 24.3 Å². The van der Waals surface area contributed by atoms with Gasteiger partial charge in [0.1, 0.15) is 5.60 Å². The second-order valence-corrected chi connectivity index (χ2v) is 7.39. The van der Waals surface area contributed by atoms with Crippen molar-refractivity contribution in [3.05, 3.63) is 29.8 Å². The van der Waals surface area contributed by atoms with Crippen molar-refractivity contribution in [3.63, 3.8) is 0 Å². The number of rotatable bonds is 7. The fourth-order valence-electron chi connectivity index (χ4n) is 1.77. The summed E-state index contributed by atoms with van der Waals surface area (Å²) in [5.41, 5.74) is 0.0230. The highest BCUT2D eigenvalue weighted by Crippen LogP contribution is 2.18. The number of carbonyl (C=O) groups excluding carboxylic acids is 3. The highest BCUT2D eigenvalue weighted by molar-refractivity contribution is 8.13. The van der Waals surface area contributed by atoms with Gasteiger partial charge in [-0.25, -0.2) is 0 Å². The standard InChI is InChI=1S/C17H24N2O4S/c1-12(20)24-14-7-5-13(6-8-14)16(22)19-10-9-18-11-15(21)23-17(2,3)4/h5-8,18H,9-11H2,1-4H3,(H,19,22). The first-order valence-electron chi connectivity index (χ1n) is 7.66. The number of ether oxygens (including phenoxy) is 1. The Morgan fingerprint density at radius 2 is 1.71 bits per heavy atom. The van der Waals surface area contributed by atoms with Crippen LogP contribution in [0.15, 0.2) is 29.2 Å². The summed E-state index contributed by atoms with van der Waals surface area (Å²) in [6.07, 6.45) is 0. The van der Waals surface area contributed by atoms with Crippen molar-refractivity contribution in [2.75, 3.05) is 19.6 Å². The molecule has 6 nitrogen and oxygen atoms in total. The zero-order chi connectivity index (χ0) is 18.2. The van der Waals surface area contributed by atoms with E-state index >= 15 is 0 Å². The van der Waals surface area contributed by atoms with Crippen LogP contribution < -0.4 is 10.6 Å². The molecule has 1 aromatic rings. The van der Waals surface area contributed by atoms with Crippen LogP contribution in [0.25, 0.3) is 0 Å². The molecule has 0 aromatic heterocycles. The van der Waals surface area contributed by atoms with Gasteiger partial charge in [0.2, 0.25) is 0 Å². The highest BCUT2D eigenvalue weighted by Gasteiger charge is 2.15. The number of benzene rings is 1. The molecule has 0 bridgehead atoms. The lowest BCUT2D eigenvalue weighted by Crippen LogP contribution is -2.36. The van der Waals surface area contributed by atoms with Gasteiger partial charge in [-0.15, -0.1) is 0 Å². The normalized spacial score (nSPS) is 11.0. The molecule has 0 saturated heterocycles. The lowest BCUT2D eigenvalue weighted by molar-refractivity contribution is -0.153. The largest absolute Gasteiger partial charge is 0.459 e. The van der Waals surface area contributed by atoms with Crippen LogP contribution in [0.4, 0.5) is 0 Å². The molecule has 0 radical (unpaired) electrons. The Morgan fingerprint density at radius 1 is 1.08 bits per heavy atom. The van der Waals surface area contributed by atoms with Crippen LogP contribution in [0.2, 0.25) is 0 Å². The van der Waals surface area contributed by atoms with Crippen LogP contribution in [-0.2, 0) is 14.3 Å². The van der Waals surface area contributed by atoms with Crippen LogP contribution in [0.5, 0.6) is 0 Å². The van der Waals surface area contributed by atoms with E-state index in [1.807, 2.05) is 20.8 Å². The molecule has 0 saturated carbocycles. The Hall–Kier alpha value is -1.86. The van der Waals surface area contributed by atoms with Crippen LogP contribution in [0.3, 0.4) is 0 Å². The fourth-order valence-corrected chi connectivity index (χ4v) is 2.38. The third-order valence-electron chi connectivity index (χ3n) is 2.65.